The minimum Gasteiger partial charge on any atom is -0.354 e. The average molecular weight is 529 g/mol. The average Bonchev–Trinajstić information content (AvgIpc) is 3.25. The highest BCUT2D eigenvalue weighted by Crippen LogP contribution is 2.39. The third kappa shape index (κ3) is 2.99. The highest BCUT2D eigenvalue weighted by molar-refractivity contribution is 9.11. The van der Waals surface area contributed by atoms with Gasteiger partial charge in [-0.05, 0) is 61.7 Å². The molecular weight excluding hydrogens is 514 g/mol. The molecule has 6 rings (SSSR count). The maximum absolute atomic E-state index is 4.99. The summed E-state index contributed by atoms with van der Waals surface area (Å²) < 4.78 is 1.92. The number of nitrogens with zero attached hydrogens (tertiary/aromatic N) is 2. The number of benzene rings is 4. The number of aromatic nitrogens is 3. The van der Waals surface area contributed by atoms with Gasteiger partial charge in [0.2, 0.25) is 0 Å². The Labute approximate surface area is 195 Å². The number of nitrogens with one attached hydrogen (secondary N) is 1. The van der Waals surface area contributed by atoms with Gasteiger partial charge < -0.3 is 4.98 Å². The van der Waals surface area contributed by atoms with Gasteiger partial charge in [-0.3, -0.25) is 0 Å². The molecular formula is C26H15Br2N3. The van der Waals surface area contributed by atoms with Crippen LogP contribution in [-0.2, 0) is 0 Å². The molecule has 5 heteroatoms. The van der Waals surface area contributed by atoms with E-state index in [0.29, 0.717) is 5.82 Å². The van der Waals surface area contributed by atoms with Crippen LogP contribution in [0.5, 0.6) is 0 Å². The Bertz CT molecular complexity index is 1580. The van der Waals surface area contributed by atoms with E-state index in [2.05, 4.69) is 97.5 Å². The van der Waals surface area contributed by atoms with Gasteiger partial charge in [0.1, 0.15) is 5.52 Å². The molecule has 0 amide bonds. The van der Waals surface area contributed by atoms with Gasteiger partial charge >= 0.3 is 0 Å². The lowest BCUT2D eigenvalue weighted by Gasteiger charge is -2.09. The van der Waals surface area contributed by atoms with E-state index in [9.17, 15) is 0 Å². The molecule has 6 aromatic rings. The Morgan fingerprint density at radius 1 is 0.581 bits per heavy atom. The Morgan fingerprint density at radius 2 is 1.23 bits per heavy atom. The van der Waals surface area contributed by atoms with E-state index in [1.165, 1.54) is 0 Å². The monoisotopic (exact) mass is 527 g/mol. The van der Waals surface area contributed by atoms with Crippen molar-refractivity contribution in [1.29, 1.82) is 0 Å². The van der Waals surface area contributed by atoms with Crippen molar-refractivity contribution in [2.24, 2.45) is 0 Å². The van der Waals surface area contributed by atoms with Gasteiger partial charge in [0.15, 0.2) is 5.82 Å². The molecule has 31 heavy (non-hydrogen) atoms. The summed E-state index contributed by atoms with van der Waals surface area (Å²) in [5.41, 5.74) is 6.08. The first-order valence-electron chi connectivity index (χ1n) is 9.92. The minimum absolute atomic E-state index is 0.708. The number of hydrogen-bond acceptors (Lipinski definition) is 2. The van der Waals surface area contributed by atoms with Crippen molar-refractivity contribution in [2.75, 3.05) is 0 Å². The maximum Gasteiger partial charge on any atom is 0.162 e. The molecule has 4 aromatic carbocycles. The molecule has 0 radical (unpaired) electrons. The quantitative estimate of drug-likeness (QED) is 0.230. The first-order valence-corrected chi connectivity index (χ1v) is 11.5. The number of imidazole rings is 1. The minimum atomic E-state index is 0.708. The highest BCUT2D eigenvalue weighted by Gasteiger charge is 2.18. The zero-order valence-corrected chi connectivity index (χ0v) is 19.4. The van der Waals surface area contributed by atoms with Crippen LogP contribution in [0.2, 0.25) is 0 Å². The number of hydrogen-bond donors (Lipinski definition) is 1. The van der Waals surface area contributed by atoms with Crippen molar-refractivity contribution >= 4 is 64.6 Å². The second-order valence-electron chi connectivity index (χ2n) is 7.41. The van der Waals surface area contributed by atoms with Gasteiger partial charge in [-0.2, -0.15) is 0 Å². The molecule has 0 fully saturated rings. The van der Waals surface area contributed by atoms with E-state index in [1.54, 1.807) is 0 Å². The molecule has 2 heterocycles. The first-order chi connectivity index (χ1) is 15.2. The van der Waals surface area contributed by atoms with E-state index in [-0.39, 0.29) is 0 Å². The lowest BCUT2D eigenvalue weighted by molar-refractivity contribution is 1.32. The number of halogens is 2. The summed E-state index contributed by atoms with van der Waals surface area (Å²) in [4.78, 5) is 13.6. The van der Waals surface area contributed by atoms with E-state index in [1.807, 2.05) is 24.3 Å². The molecule has 0 spiro atoms. The van der Waals surface area contributed by atoms with Gasteiger partial charge in [-0.25, -0.2) is 9.97 Å². The summed E-state index contributed by atoms with van der Waals surface area (Å²) in [6, 6.07) is 29.0. The molecule has 3 nitrogen and oxygen atoms in total. The Balaban J connectivity index is 1.71. The molecule has 0 saturated carbocycles. The topological polar surface area (TPSA) is 41.6 Å². The van der Waals surface area contributed by atoms with Crippen molar-refractivity contribution in [3.8, 4) is 22.6 Å². The Morgan fingerprint density at radius 3 is 1.97 bits per heavy atom. The lowest BCUT2D eigenvalue weighted by atomic mass is 10.0. The van der Waals surface area contributed by atoms with Crippen LogP contribution < -0.4 is 0 Å². The number of rotatable bonds is 2. The fraction of sp³-hybridized carbons (Fsp3) is 0. The van der Waals surface area contributed by atoms with Gasteiger partial charge in [-0.1, -0.05) is 60.7 Å². The second-order valence-corrected chi connectivity index (χ2v) is 9.12. The molecule has 0 aliphatic heterocycles. The summed E-state index contributed by atoms with van der Waals surface area (Å²) in [5, 5.41) is 3.30. The number of fused-ring (bicyclic) bond motifs is 6. The molecule has 0 aliphatic rings. The normalized spacial score (nSPS) is 11.5. The lowest BCUT2D eigenvalue weighted by Crippen LogP contribution is -1.88. The van der Waals surface area contributed by atoms with Crippen LogP contribution >= 0.6 is 31.9 Å². The third-order valence-corrected chi connectivity index (χ3v) is 6.90. The molecule has 1 N–H and O–H groups in total. The van der Waals surface area contributed by atoms with Crippen LogP contribution in [0.4, 0.5) is 0 Å². The summed E-state index contributed by atoms with van der Waals surface area (Å²) in [7, 11) is 0. The predicted molar refractivity (Wildman–Crippen MR) is 135 cm³/mol. The van der Waals surface area contributed by atoms with Crippen LogP contribution in [-0.4, -0.2) is 15.0 Å². The van der Waals surface area contributed by atoms with Crippen molar-refractivity contribution in [3.63, 3.8) is 0 Å². The van der Waals surface area contributed by atoms with E-state index in [4.69, 9.17) is 9.97 Å². The number of aromatic amines is 1. The van der Waals surface area contributed by atoms with Crippen molar-refractivity contribution in [2.45, 2.75) is 0 Å². The van der Waals surface area contributed by atoms with Gasteiger partial charge in [0, 0.05) is 36.4 Å². The van der Waals surface area contributed by atoms with Crippen LogP contribution in [0.25, 0.3) is 55.4 Å². The van der Waals surface area contributed by atoms with Gasteiger partial charge in [0.05, 0.1) is 11.0 Å². The summed E-state index contributed by atoms with van der Waals surface area (Å²) in [6.45, 7) is 0. The van der Waals surface area contributed by atoms with E-state index < -0.39 is 0 Å². The second kappa shape index (κ2) is 7.29. The molecule has 0 unspecified atom stereocenters. The zero-order valence-electron chi connectivity index (χ0n) is 16.2. The van der Waals surface area contributed by atoms with E-state index >= 15 is 0 Å². The van der Waals surface area contributed by atoms with Gasteiger partial charge in [0.25, 0.3) is 0 Å². The third-order valence-electron chi connectivity index (χ3n) is 5.58. The first kappa shape index (κ1) is 18.7. The molecule has 0 bridgehead atoms. The predicted octanol–water partition coefficient (Wildman–Crippen LogP) is 8.12. The van der Waals surface area contributed by atoms with Crippen molar-refractivity contribution in [3.05, 3.63) is 93.9 Å². The highest BCUT2D eigenvalue weighted by atomic mass is 79.9. The molecule has 2 aromatic heterocycles. The number of H-pyrrole nitrogens is 1. The summed E-state index contributed by atoms with van der Waals surface area (Å²) in [6.07, 6.45) is 0. The summed E-state index contributed by atoms with van der Waals surface area (Å²) >= 11 is 7.32. The fourth-order valence-corrected chi connectivity index (χ4v) is 5.49. The molecule has 0 saturated heterocycles. The molecule has 0 atom stereocenters. The fourth-order valence-electron chi connectivity index (χ4n) is 4.14. The molecule has 0 aliphatic carbocycles. The SMILES string of the molecule is Brc1cccc(Br)c1-c1nc2c3ccccc3c3[nH]c(-c4ccccc4)ccc3c2n1. The van der Waals surface area contributed by atoms with Crippen LogP contribution in [0, 0.1) is 0 Å². The van der Waals surface area contributed by atoms with Crippen LogP contribution in [0.15, 0.2) is 93.9 Å². The van der Waals surface area contributed by atoms with Crippen LogP contribution in [0.3, 0.4) is 0 Å². The molecule has 148 valence electrons. The Hall–Kier alpha value is -3.02. The van der Waals surface area contributed by atoms with Gasteiger partial charge in [-0.15, -0.1) is 0 Å². The zero-order chi connectivity index (χ0) is 20.9. The van der Waals surface area contributed by atoms with Crippen molar-refractivity contribution in [1.82, 2.24) is 15.0 Å². The smallest absolute Gasteiger partial charge is 0.162 e. The van der Waals surface area contributed by atoms with E-state index in [0.717, 1.165) is 58.5 Å². The van der Waals surface area contributed by atoms with Crippen LogP contribution in [0.1, 0.15) is 0 Å². The number of pyridine rings is 1. The largest absolute Gasteiger partial charge is 0.354 e. The van der Waals surface area contributed by atoms with Crippen molar-refractivity contribution < 1.29 is 0 Å². The summed E-state index contributed by atoms with van der Waals surface area (Å²) in [5.74, 6) is 0.708. The standard InChI is InChI=1S/C26H15Br2N3/c27-19-11-6-12-20(28)22(19)26-30-24-17-10-5-4-9-16(17)23-18(25(24)31-26)13-14-21(29-23)15-7-2-1-3-8-15/h1-14,29H. The maximum atomic E-state index is 4.99. The Kier molecular flexibility index (Phi) is 4.40.